The molecule has 0 saturated carbocycles. The minimum absolute atomic E-state index is 0.865. The van der Waals surface area contributed by atoms with Crippen LogP contribution in [0.1, 0.15) is 46.0 Å². The normalized spacial score (nSPS) is 30.5. The van der Waals surface area contributed by atoms with Gasteiger partial charge in [-0.1, -0.05) is 33.1 Å². The predicted molar refractivity (Wildman–Crippen MR) is 52.2 cm³/mol. The Morgan fingerprint density at radius 3 is 2.42 bits per heavy atom. The lowest BCUT2D eigenvalue weighted by molar-refractivity contribution is 0.0101. The van der Waals surface area contributed by atoms with Crippen molar-refractivity contribution in [3.8, 4) is 0 Å². The van der Waals surface area contributed by atoms with E-state index in [0.29, 0.717) is 0 Å². The Labute approximate surface area is 76.5 Å². The second kappa shape index (κ2) is 5.58. The molecule has 1 aliphatic rings. The second-order valence-corrected chi connectivity index (χ2v) is 3.96. The van der Waals surface area contributed by atoms with E-state index in [1.807, 2.05) is 0 Å². The Bertz CT molecular complexity index is 93.6. The van der Waals surface area contributed by atoms with Crippen molar-refractivity contribution in [3.05, 3.63) is 0 Å². The van der Waals surface area contributed by atoms with Gasteiger partial charge in [0.25, 0.3) is 0 Å². The number of ether oxygens (including phenoxy) is 1. The molecule has 0 aromatic heterocycles. The number of hydrogen-bond acceptors (Lipinski definition) is 1. The molecule has 1 saturated heterocycles. The molecule has 0 radical (unpaired) electrons. The van der Waals surface area contributed by atoms with Crippen LogP contribution in [0.2, 0.25) is 0 Å². The van der Waals surface area contributed by atoms with E-state index in [4.69, 9.17) is 4.74 Å². The van der Waals surface area contributed by atoms with E-state index in [9.17, 15) is 0 Å². The molecule has 0 bridgehead atoms. The maximum absolute atomic E-state index is 5.51. The fourth-order valence-corrected chi connectivity index (χ4v) is 2.28. The molecule has 12 heavy (non-hydrogen) atoms. The SMILES string of the molecule is CCCC1CCOCC1CCC. The summed E-state index contributed by atoms with van der Waals surface area (Å²) in [5.74, 6) is 1.83. The summed E-state index contributed by atoms with van der Waals surface area (Å²) in [4.78, 5) is 0. The quantitative estimate of drug-likeness (QED) is 0.629. The van der Waals surface area contributed by atoms with Gasteiger partial charge in [-0.25, -0.2) is 0 Å². The molecule has 72 valence electrons. The largest absolute Gasteiger partial charge is 0.381 e. The minimum Gasteiger partial charge on any atom is -0.381 e. The van der Waals surface area contributed by atoms with Crippen molar-refractivity contribution in [1.82, 2.24) is 0 Å². The Kier molecular flexibility index (Phi) is 4.67. The maximum Gasteiger partial charge on any atom is 0.0496 e. The van der Waals surface area contributed by atoms with Gasteiger partial charge < -0.3 is 4.74 Å². The van der Waals surface area contributed by atoms with Crippen LogP contribution in [0.3, 0.4) is 0 Å². The second-order valence-electron chi connectivity index (χ2n) is 3.96. The Balaban J connectivity index is 2.31. The van der Waals surface area contributed by atoms with Crippen LogP contribution in [0.15, 0.2) is 0 Å². The van der Waals surface area contributed by atoms with Crippen LogP contribution in [0.25, 0.3) is 0 Å². The van der Waals surface area contributed by atoms with Gasteiger partial charge in [0.1, 0.15) is 0 Å². The molecule has 0 aliphatic carbocycles. The van der Waals surface area contributed by atoms with E-state index in [1.54, 1.807) is 0 Å². The molecule has 0 aromatic carbocycles. The van der Waals surface area contributed by atoms with Gasteiger partial charge in [-0.15, -0.1) is 0 Å². The highest BCUT2D eigenvalue weighted by Gasteiger charge is 2.23. The zero-order valence-corrected chi connectivity index (χ0v) is 8.51. The van der Waals surface area contributed by atoms with E-state index < -0.39 is 0 Å². The molecule has 0 spiro atoms. The smallest absolute Gasteiger partial charge is 0.0496 e. The molecule has 0 N–H and O–H groups in total. The van der Waals surface area contributed by atoms with Gasteiger partial charge in [0.15, 0.2) is 0 Å². The third-order valence-corrected chi connectivity index (χ3v) is 2.95. The zero-order valence-electron chi connectivity index (χ0n) is 8.51. The van der Waals surface area contributed by atoms with Crippen molar-refractivity contribution in [2.45, 2.75) is 46.0 Å². The van der Waals surface area contributed by atoms with E-state index in [1.165, 1.54) is 32.1 Å². The first kappa shape index (κ1) is 10.0. The number of rotatable bonds is 4. The van der Waals surface area contributed by atoms with Crippen LogP contribution >= 0.6 is 0 Å². The van der Waals surface area contributed by atoms with E-state index in [2.05, 4.69) is 13.8 Å². The third kappa shape index (κ3) is 2.78. The van der Waals surface area contributed by atoms with Crippen LogP contribution in [0.5, 0.6) is 0 Å². The predicted octanol–water partition coefficient (Wildman–Crippen LogP) is 3.24. The minimum atomic E-state index is 0.865. The molecular formula is C11H22O. The summed E-state index contributed by atoms with van der Waals surface area (Å²) in [5.41, 5.74) is 0. The van der Waals surface area contributed by atoms with Crippen molar-refractivity contribution in [2.75, 3.05) is 13.2 Å². The Morgan fingerprint density at radius 2 is 1.75 bits per heavy atom. The van der Waals surface area contributed by atoms with Crippen LogP contribution < -0.4 is 0 Å². The van der Waals surface area contributed by atoms with E-state index in [0.717, 1.165) is 25.0 Å². The molecule has 1 rings (SSSR count). The van der Waals surface area contributed by atoms with Crippen LogP contribution in [-0.2, 0) is 4.74 Å². The fraction of sp³-hybridized carbons (Fsp3) is 1.00. The Morgan fingerprint density at radius 1 is 1.08 bits per heavy atom. The molecule has 2 unspecified atom stereocenters. The average Bonchev–Trinajstić information content (AvgIpc) is 2.09. The number of hydrogen-bond donors (Lipinski definition) is 0. The average molecular weight is 170 g/mol. The first-order valence-electron chi connectivity index (χ1n) is 5.46. The van der Waals surface area contributed by atoms with Crippen molar-refractivity contribution < 1.29 is 4.74 Å². The lowest BCUT2D eigenvalue weighted by Crippen LogP contribution is -2.27. The van der Waals surface area contributed by atoms with Gasteiger partial charge in [0.05, 0.1) is 0 Å². The van der Waals surface area contributed by atoms with Gasteiger partial charge in [0, 0.05) is 13.2 Å². The van der Waals surface area contributed by atoms with E-state index >= 15 is 0 Å². The monoisotopic (exact) mass is 170 g/mol. The summed E-state index contributed by atoms with van der Waals surface area (Å²) < 4.78 is 5.51. The third-order valence-electron chi connectivity index (χ3n) is 2.95. The molecule has 1 heterocycles. The Hall–Kier alpha value is -0.0400. The summed E-state index contributed by atoms with van der Waals surface area (Å²) in [6.07, 6.45) is 6.73. The van der Waals surface area contributed by atoms with Gasteiger partial charge in [0.2, 0.25) is 0 Å². The summed E-state index contributed by atoms with van der Waals surface area (Å²) in [7, 11) is 0. The molecular weight excluding hydrogens is 148 g/mol. The first-order valence-corrected chi connectivity index (χ1v) is 5.46. The van der Waals surface area contributed by atoms with Gasteiger partial charge in [-0.2, -0.15) is 0 Å². The lowest BCUT2D eigenvalue weighted by atomic mass is 9.82. The highest BCUT2D eigenvalue weighted by atomic mass is 16.5. The fourth-order valence-electron chi connectivity index (χ4n) is 2.28. The van der Waals surface area contributed by atoms with Crippen LogP contribution in [0.4, 0.5) is 0 Å². The standard InChI is InChI=1S/C11H22O/c1-3-5-10-7-8-12-9-11(10)6-4-2/h10-11H,3-9H2,1-2H3. The van der Waals surface area contributed by atoms with Crippen molar-refractivity contribution >= 4 is 0 Å². The van der Waals surface area contributed by atoms with Crippen LogP contribution in [0, 0.1) is 11.8 Å². The highest BCUT2D eigenvalue weighted by molar-refractivity contribution is 4.73. The van der Waals surface area contributed by atoms with E-state index in [-0.39, 0.29) is 0 Å². The summed E-state index contributed by atoms with van der Waals surface area (Å²) in [5, 5.41) is 0. The lowest BCUT2D eigenvalue weighted by Gasteiger charge is -2.31. The van der Waals surface area contributed by atoms with Gasteiger partial charge in [-0.05, 0) is 24.7 Å². The van der Waals surface area contributed by atoms with Gasteiger partial charge >= 0.3 is 0 Å². The van der Waals surface area contributed by atoms with Crippen molar-refractivity contribution in [1.29, 1.82) is 0 Å². The highest BCUT2D eigenvalue weighted by Crippen LogP contribution is 2.29. The molecule has 0 amide bonds. The van der Waals surface area contributed by atoms with Gasteiger partial charge in [-0.3, -0.25) is 0 Å². The molecule has 1 aliphatic heterocycles. The molecule has 1 nitrogen and oxygen atoms in total. The molecule has 2 atom stereocenters. The summed E-state index contributed by atoms with van der Waals surface area (Å²) in [6, 6.07) is 0. The van der Waals surface area contributed by atoms with Crippen molar-refractivity contribution in [3.63, 3.8) is 0 Å². The maximum atomic E-state index is 5.51. The zero-order chi connectivity index (χ0) is 8.81. The van der Waals surface area contributed by atoms with Crippen molar-refractivity contribution in [2.24, 2.45) is 11.8 Å². The summed E-state index contributed by atoms with van der Waals surface area (Å²) in [6.45, 7) is 6.60. The molecule has 0 aromatic rings. The molecule has 1 fully saturated rings. The first-order chi connectivity index (χ1) is 5.88. The molecule has 1 heteroatoms. The topological polar surface area (TPSA) is 9.23 Å². The summed E-state index contributed by atoms with van der Waals surface area (Å²) >= 11 is 0. The van der Waals surface area contributed by atoms with Crippen LogP contribution in [-0.4, -0.2) is 13.2 Å².